The second-order valence-electron chi connectivity index (χ2n) is 3.43. The molecule has 3 N–H and O–H groups in total. The summed E-state index contributed by atoms with van der Waals surface area (Å²) in [6, 6.07) is 1.95. The lowest BCUT2D eigenvalue weighted by molar-refractivity contribution is -0.133. The van der Waals surface area contributed by atoms with Crippen LogP contribution in [0, 0.1) is 6.92 Å². The largest absolute Gasteiger partial charge is 0.481 e. The zero-order valence-electron chi connectivity index (χ0n) is 9.25. The molecule has 2 heterocycles. The van der Waals surface area contributed by atoms with Crippen molar-refractivity contribution < 1.29 is 9.90 Å². The molecule has 0 saturated carbocycles. The van der Waals surface area contributed by atoms with Crippen molar-refractivity contribution in [2.24, 2.45) is 0 Å². The minimum atomic E-state index is -0.917. The predicted octanol–water partition coefficient (Wildman–Crippen LogP) is 1.97. The Hall–Kier alpha value is -1.06. The third-order valence-corrected chi connectivity index (χ3v) is 5.13. The van der Waals surface area contributed by atoms with Gasteiger partial charge in [-0.3, -0.25) is 4.79 Å². The molecule has 0 saturated heterocycles. The Balaban J connectivity index is 2.27. The number of aryl methyl sites for hydroxylation is 1. The molecule has 2 aromatic rings. The predicted molar refractivity (Wildman–Crippen MR) is 74.3 cm³/mol. The second kappa shape index (κ2) is 5.29. The fourth-order valence-electron chi connectivity index (χ4n) is 1.24. The number of carbonyl (C=O) groups is 1. The minimum Gasteiger partial charge on any atom is -0.481 e. The molecule has 0 aromatic carbocycles. The highest BCUT2D eigenvalue weighted by molar-refractivity contribution is 9.11. The van der Waals surface area contributed by atoms with Crippen LogP contribution in [0.15, 0.2) is 15.0 Å². The Bertz CT molecular complexity index is 576. The average Bonchev–Trinajstić information content (AvgIpc) is 2.81. The summed E-state index contributed by atoms with van der Waals surface area (Å²) in [5, 5.41) is 16.9. The van der Waals surface area contributed by atoms with E-state index < -0.39 is 5.97 Å². The zero-order valence-corrected chi connectivity index (χ0v) is 12.5. The molecule has 0 aliphatic heterocycles. The van der Waals surface area contributed by atoms with Crippen LogP contribution in [-0.4, -0.2) is 31.7 Å². The van der Waals surface area contributed by atoms with Crippen LogP contribution in [-0.2, 0) is 4.79 Å². The summed E-state index contributed by atoms with van der Waals surface area (Å²) in [5.41, 5.74) is 1.10. The lowest BCUT2D eigenvalue weighted by atomic mass is 10.3. The van der Waals surface area contributed by atoms with Crippen molar-refractivity contribution in [3.05, 3.63) is 15.4 Å². The molecule has 18 heavy (non-hydrogen) atoms. The average molecular weight is 349 g/mol. The quantitative estimate of drug-likeness (QED) is 0.647. The lowest BCUT2D eigenvalue weighted by Gasteiger charge is -2.00. The first-order chi connectivity index (χ1) is 8.49. The van der Waals surface area contributed by atoms with E-state index in [1.165, 1.54) is 16.0 Å². The smallest absolute Gasteiger partial charge is 0.313 e. The zero-order chi connectivity index (χ0) is 13.3. The molecule has 2 aromatic heterocycles. The monoisotopic (exact) mass is 348 g/mol. The second-order valence-corrected chi connectivity index (χ2v) is 6.74. The molecule has 0 radical (unpaired) electrons. The topological polar surface area (TPSA) is 94.0 Å². The van der Waals surface area contributed by atoms with Gasteiger partial charge in [-0.2, -0.15) is 0 Å². The number of hydrogen-bond donors (Lipinski definition) is 2. The van der Waals surface area contributed by atoms with Gasteiger partial charge in [0.15, 0.2) is 5.82 Å². The lowest BCUT2D eigenvalue weighted by Crippen LogP contribution is -2.12. The van der Waals surface area contributed by atoms with E-state index in [0.717, 1.165) is 26.0 Å². The van der Waals surface area contributed by atoms with E-state index in [-0.39, 0.29) is 5.75 Å². The van der Waals surface area contributed by atoms with Gasteiger partial charge in [0, 0.05) is 0 Å². The molecule has 96 valence electrons. The van der Waals surface area contributed by atoms with Crippen LogP contribution in [0.3, 0.4) is 0 Å². The molecule has 2 rings (SSSR count). The van der Waals surface area contributed by atoms with Crippen molar-refractivity contribution in [2.45, 2.75) is 12.1 Å². The third kappa shape index (κ3) is 2.68. The van der Waals surface area contributed by atoms with Crippen molar-refractivity contribution in [3.63, 3.8) is 0 Å². The number of nitrogens with two attached hydrogens (primary N) is 1. The van der Waals surface area contributed by atoms with E-state index in [9.17, 15) is 4.79 Å². The summed E-state index contributed by atoms with van der Waals surface area (Å²) in [5.74, 6) is 5.37. The molecule has 0 bridgehead atoms. The molecule has 9 heteroatoms. The van der Waals surface area contributed by atoms with Gasteiger partial charge >= 0.3 is 5.97 Å². The van der Waals surface area contributed by atoms with E-state index >= 15 is 0 Å². The fourth-order valence-corrected chi connectivity index (χ4v) is 3.33. The highest BCUT2D eigenvalue weighted by Crippen LogP contribution is 2.34. The van der Waals surface area contributed by atoms with Crippen molar-refractivity contribution in [1.82, 2.24) is 14.9 Å². The van der Waals surface area contributed by atoms with Crippen molar-refractivity contribution in [3.8, 4) is 10.7 Å². The van der Waals surface area contributed by atoms with Crippen molar-refractivity contribution >= 4 is 45.0 Å². The fraction of sp³-hybridized carbons (Fsp3) is 0.222. The van der Waals surface area contributed by atoms with Gasteiger partial charge < -0.3 is 10.9 Å². The number of aromatic nitrogens is 3. The molecule has 6 nitrogen and oxygen atoms in total. The van der Waals surface area contributed by atoms with Crippen LogP contribution in [0.25, 0.3) is 10.7 Å². The van der Waals surface area contributed by atoms with Gasteiger partial charge in [0.2, 0.25) is 5.16 Å². The molecule has 0 aliphatic carbocycles. The van der Waals surface area contributed by atoms with Crippen molar-refractivity contribution in [1.29, 1.82) is 0 Å². The molecule has 0 atom stereocenters. The Morgan fingerprint density at radius 3 is 2.94 bits per heavy atom. The number of hydrogen-bond acceptors (Lipinski definition) is 6. The Morgan fingerprint density at radius 1 is 1.67 bits per heavy atom. The van der Waals surface area contributed by atoms with E-state index in [0.29, 0.717) is 11.0 Å². The minimum absolute atomic E-state index is 0.0947. The van der Waals surface area contributed by atoms with Gasteiger partial charge in [0.25, 0.3) is 0 Å². The number of rotatable bonds is 4. The van der Waals surface area contributed by atoms with Gasteiger partial charge in [0.05, 0.1) is 14.4 Å². The summed E-state index contributed by atoms with van der Waals surface area (Å²) < 4.78 is 2.32. The number of thioether (sulfide) groups is 1. The number of nitrogen functional groups attached to an aromatic ring is 1. The van der Waals surface area contributed by atoms with Gasteiger partial charge in [-0.05, 0) is 34.5 Å². The third-order valence-electron chi connectivity index (χ3n) is 2.07. The molecule has 0 unspecified atom stereocenters. The number of carboxylic acids is 1. The van der Waals surface area contributed by atoms with Crippen LogP contribution in [0.1, 0.15) is 5.56 Å². The maximum atomic E-state index is 10.5. The number of thiophene rings is 1. The highest BCUT2D eigenvalue weighted by Gasteiger charge is 2.15. The Kier molecular flexibility index (Phi) is 3.93. The SMILES string of the molecule is Cc1cc(-c2nnc(SCC(=O)O)n2N)sc1Br. The van der Waals surface area contributed by atoms with E-state index in [4.69, 9.17) is 10.9 Å². The molecular weight excluding hydrogens is 340 g/mol. The Morgan fingerprint density at radius 2 is 2.39 bits per heavy atom. The summed E-state index contributed by atoms with van der Waals surface area (Å²) in [7, 11) is 0. The van der Waals surface area contributed by atoms with E-state index in [2.05, 4.69) is 26.1 Å². The van der Waals surface area contributed by atoms with Crippen LogP contribution >= 0.6 is 39.0 Å². The highest BCUT2D eigenvalue weighted by atomic mass is 79.9. The first kappa shape index (κ1) is 13.4. The summed E-state index contributed by atoms with van der Waals surface area (Å²) >= 11 is 5.98. The number of halogens is 1. The molecular formula is C9H9BrN4O2S2. The summed E-state index contributed by atoms with van der Waals surface area (Å²) in [6.07, 6.45) is 0. The Labute approximate surface area is 119 Å². The number of nitrogens with zero attached hydrogens (tertiary/aromatic N) is 3. The summed E-state index contributed by atoms with van der Waals surface area (Å²) in [6.45, 7) is 1.97. The van der Waals surface area contributed by atoms with Crippen molar-refractivity contribution in [2.75, 3.05) is 11.6 Å². The number of carboxylic acid groups (broad SMARTS) is 1. The van der Waals surface area contributed by atoms with Crippen LogP contribution in [0.5, 0.6) is 0 Å². The molecule has 0 amide bonds. The summed E-state index contributed by atoms with van der Waals surface area (Å²) in [4.78, 5) is 11.4. The normalized spacial score (nSPS) is 10.8. The maximum absolute atomic E-state index is 10.5. The number of aliphatic carboxylic acids is 1. The molecule has 0 spiro atoms. The molecule has 0 fully saturated rings. The first-order valence-corrected chi connectivity index (χ1v) is 7.40. The van der Waals surface area contributed by atoms with E-state index in [1.54, 1.807) is 0 Å². The van der Waals surface area contributed by atoms with Gasteiger partial charge in [-0.25, -0.2) is 4.68 Å². The molecule has 0 aliphatic rings. The van der Waals surface area contributed by atoms with Gasteiger partial charge in [-0.15, -0.1) is 21.5 Å². The van der Waals surface area contributed by atoms with Crippen LogP contribution in [0.4, 0.5) is 0 Å². The maximum Gasteiger partial charge on any atom is 0.313 e. The van der Waals surface area contributed by atoms with Gasteiger partial charge in [-0.1, -0.05) is 11.8 Å². The van der Waals surface area contributed by atoms with E-state index in [1.807, 2.05) is 13.0 Å². The van der Waals surface area contributed by atoms with Crippen LogP contribution < -0.4 is 5.84 Å². The van der Waals surface area contributed by atoms with Crippen LogP contribution in [0.2, 0.25) is 0 Å². The first-order valence-electron chi connectivity index (χ1n) is 4.80. The van der Waals surface area contributed by atoms with Gasteiger partial charge in [0.1, 0.15) is 0 Å². The standard InChI is InChI=1S/C9H9BrN4O2S2/c1-4-2-5(18-7(4)10)8-12-13-9(14(8)11)17-3-6(15)16/h2H,3,11H2,1H3,(H,15,16).